The van der Waals surface area contributed by atoms with Crippen LogP contribution in [0.1, 0.15) is 41.6 Å². The lowest BCUT2D eigenvalue weighted by Gasteiger charge is -2.16. The lowest BCUT2D eigenvalue weighted by atomic mass is 10.1. The highest BCUT2D eigenvalue weighted by Gasteiger charge is 2.21. The van der Waals surface area contributed by atoms with Crippen LogP contribution in [-0.4, -0.2) is 32.3 Å². The van der Waals surface area contributed by atoms with Gasteiger partial charge in [0, 0.05) is 12.1 Å². The van der Waals surface area contributed by atoms with Gasteiger partial charge in [0.2, 0.25) is 5.91 Å². The highest BCUT2D eigenvalue weighted by atomic mass is 35.5. The molecule has 0 saturated carbocycles. The Morgan fingerprint density at radius 3 is 2.48 bits per heavy atom. The third-order valence-corrected chi connectivity index (χ3v) is 6.80. The molecule has 1 atom stereocenters. The standard InChI is InChI=1S/C22H22Cl3N5O2S/c1-4-30-20(13(3)26-21(32)14-8-6-5-7-12(14)2)28-29-22(30)33-11-19(31)27-18-10-16(24)15(23)9-17(18)25/h5-10,13H,4,11H2,1-3H3,(H,26,32)(H,27,31)/t13-/m1/s1. The van der Waals surface area contributed by atoms with Crippen molar-refractivity contribution in [2.45, 2.75) is 38.5 Å². The summed E-state index contributed by atoms with van der Waals surface area (Å²) in [5.74, 6) is 0.222. The Morgan fingerprint density at radius 1 is 1.09 bits per heavy atom. The van der Waals surface area contributed by atoms with Crippen LogP contribution in [0.3, 0.4) is 0 Å². The van der Waals surface area contributed by atoms with Crippen molar-refractivity contribution in [3.05, 3.63) is 68.4 Å². The summed E-state index contributed by atoms with van der Waals surface area (Å²) in [7, 11) is 0. The van der Waals surface area contributed by atoms with Crippen LogP contribution in [0.15, 0.2) is 41.6 Å². The maximum atomic E-state index is 12.7. The van der Waals surface area contributed by atoms with E-state index in [4.69, 9.17) is 34.8 Å². The fourth-order valence-corrected chi connectivity index (χ4v) is 4.53. The van der Waals surface area contributed by atoms with Gasteiger partial charge in [-0.1, -0.05) is 64.8 Å². The summed E-state index contributed by atoms with van der Waals surface area (Å²) in [6.07, 6.45) is 0. The molecule has 0 fully saturated rings. The fraction of sp³-hybridized carbons (Fsp3) is 0.273. The first kappa shape index (κ1) is 25.4. The molecule has 2 amide bonds. The average Bonchev–Trinajstić information content (AvgIpc) is 3.19. The second-order valence-corrected chi connectivity index (χ2v) is 9.34. The number of rotatable bonds is 8. The normalized spacial score (nSPS) is 11.8. The molecular formula is C22H22Cl3N5O2S. The van der Waals surface area contributed by atoms with Gasteiger partial charge in [-0.25, -0.2) is 0 Å². The van der Waals surface area contributed by atoms with Crippen molar-refractivity contribution in [3.8, 4) is 0 Å². The van der Waals surface area contributed by atoms with Crippen molar-refractivity contribution < 1.29 is 9.59 Å². The number of nitrogens with zero attached hydrogens (tertiary/aromatic N) is 3. The molecule has 0 radical (unpaired) electrons. The summed E-state index contributed by atoms with van der Waals surface area (Å²) in [6.45, 7) is 6.26. The number of aromatic nitrogens is 3. The van der Waals surface area contributed by atoms with Crippen molar-refractivity contribution in [1.82, 2.24) is 20.1 Å². The Labute approximate surface area is 211 Å². The van der Waals surface area contributed by atoms with E-state index in [9.17, 15) is 9.59 Å². The molecule has 0 saturated heterocycles. The highest BCUT2D eigenvalue weighted by Crippen LogP contribution is 2.32. The second kappa shape index (κ2) is 11.2. The molecule has 1 aromatic heterocycles. The van der Waals surface area contributed by atoms with E-state index in [2.05, 4.69) is 20.8 Å². The molecule has 11 heteroatoms. The van der Waals surface area contributed by atoms with E-state index in [0.29, 0.717) is 43.8 Å². The third kappa shape index (κ3) is 6.20. The first-order valence-electron chi connectivity index (χ1n) is 10.1. The number of benzene rings is 2. The van der Waals surface area contributed by atoms with Gasteiger partial charge in [0.05, 0.1) is 32.5 Å². The summed E-state index contributed by atoms with van der Waals surface area (Å²) in [6, 6.07) is 9.98. The molecule has 0 bridgehead atoms. The zero-order valence-corrected chi connectivity index (χ0v) is 21.2. The van der Waals surface area contributed by atoms with Crippen molar-refractivity contribution in [2.75, 3.05) is 11.1 Å². The van der Waals surface area contributed by atoms with Crippen molar-refractivity contribution in [3.63, 3.8) is 0 Å². The summed E-state index contributed by atoms with van der Waals surface area (Å²) in [4.78, 5) is 25.1. The number of carbonyl (C=O) groups excluding carboxylic acids is 2. The molecule has 2 aromatic carbocycles. The van der Waals surface area contributed by atoms with Gasteiger partial charge >= 0.3 is 0 Å². The van der Waals surface area contributed by atoms with Crippen LogP contribution in [0, 0.1) is 6.92 Å². The largest absolute Gasteiger partial charge is 0.342 e. The number of carbonyl (C=O) groups is 2. The topological polar surface area (TPSA) is 88.9 Å². The SMILES string of the molecule is CCn1c(SCC(=O)Nc2cc(Cl)c(Cl)cc2Cl)nnc1[C@@H](C)NC(=O)c1ccccc1C. The summed E-state index contributed by atoms with van der Waals surface area (Å²) in [5, 5.41) is 15.6. The first-order valence-corrected chi connectivity index (χ1v) is 12.2. The van der Waals surface area contributed by atoms with Crippen LogP contribution >= 0.6 is 46.6 Å². The van der Waals surface area contributed by atoms with E-state index in [1.807, 2.05) is 43.5 Å². The minimum absolute atomic E-state index is 0.0820. The molecule has 3 rings (SSSR count). The molecule has 0 spiro atoms. The van der Waals surface area contributed by atoms with Crippen LogP contribution in [0.2, 0.25) is 15.1 Å². The lowest BCUT2D eigenvalue weighted by Crippen LogP contribution is -2.29. The van der Waals surface area contributed by atoms with Gasteiger partial charge in [-0.3, -0.25) is 9.59 Å². The molecule has 2 N–H and O–H groups in total. The number of halogens is 3. The van der Waals surface area contributed by atoms with Crippen LogP contribution in [0.5, 0.6) is 0 Å². The Bertz CT molecular complexity index is 1180. The minimum atomic E-state index is -0.372. The number of anilines is 1. The van der Waals surface area contributed by atoms with Gasteiger partial charge in [-0.05, 0) is 44.5 Å². The molecule has 0 aliphatic rings. The Morgan fingerprint density at radius 2 is 1.79 bits per heavy atom. The molecule has 33 heavy (non-hydrogen) atoms. The fourth-order valence-electron chi connectivity index (χ4n) is 3.13. The number of nitrogens with one attached hydrogen (secondary N) is 2. The van der Waals surface area contributed by atoms with E-state index >= 15 is 0 Å². The van der Waals surface area contributed by atoms with E-state index < -0.39 is 0 Å². The van der Waals surface area contributed by atoms with Gasteiger partial charge in [0.1, 0.15) is 0 Å². The number of hydrogen-bond acceptors (Lipinski definition) is 5. The number of aryl methyl sites for hydroxylation is 1. The van der Waals surface area contributed by atoms with Crippen LogP contribution in [-0.2, 0) is 11.3 Å². The monoisotopic (exact) mass is 525 g/mol. The van der Waals surface area contributed by atoms with E-state index in [0.717, 1.165) is 5.56 Å². The number of thioether (sulfide) groups is 1. The molecule has 174 valence electrons. The predicted molar refractivity (Wildman–Crippen MR) is 134 cm³/mol. The van der Waals surface area contributed by atoms with E-state index in [1.165, 1.54) is 23.9 Å². The summed E-state index contributed by atoms with van der Waals surface area (Å²) >= 11 is 19.3. The van der Waals surface area contributed by atoms with Crippen LogP contribution in [0.25, 0.3) is 0 Å². The van der Waals surface area contributed by atoms with Gasteiger partial charge < -0.3 is 15.2 Å². The molecule has 0 unspecified atom stereocenters. The molecule has 0 aliphatic heterocycles. The predicted octanol–water partition coefficient (Wildman–Crippen LogP) is 5.79. The van der Waals surface area contributed by atoms with E-state index in [1.54, 1.807) is 6.07 Å². The lowest BCUT2D eigenvalue weighted by molar-refractivity contribution is -0.113. The van der Waals surface area contributed by atoms with Crippen molar-refractivity contribution in [1.29, 1.82) is 0 Å². The maximum Gasteiger partial charge on any atom is 0.252 e. The number of amides is 2. The Hall–Kier alpha value is -2.26. The Balaban J connectivity index is 1.65. The van der Waals surface area contributed by atoms with Crippen molar-refractivity contribution in [2.24, 2.45) is 0 Å². The zero-order valence-electron chi connectivity index (χ0n) is 18.2. The van der Waals surface area contributed by atoms with Crippen molar-refractivity contribution >= 4 is 64.1 Å². The van der Waals surface area contributed by atoms with Gasteiger partial charge in [-0.15, -0.1) is 10.2 Å². The van der Waals surface area contributed by atoms with Gasteiger partial charge in [0.25, 0.3) is 5.91 Å². The zero-order chi connectivity index (χ0) is 24.1. The molecule has 7 nitrogen and oxygen atoms in total. The Kier molecular flexibility index (Phi) is 8.64. The smallest absolute Gasteiger partial charge is 0.252 e. The molecule has 0 aliphatic carbocycles. The van der Waals surface area contributed by atoms with Gasteiger partial charge in [-0.2, -0.15) is 0 Å². The molecule has 3 aromatic rings. The van der Waals surface area contributed by atoms with Gasteiger partial charge in [0.15, 0.2) is 11.0 Å². The summed E-state index contributed by atoms with van der Waals surface area (Å²) < 4.78 is 1.87. The summed E-state index contributed by atoms with van der Waals surface area (Å²) in [5.41, 5.74) is 1.88. The second-order valence-electron chi connectivity index (χ2n) is 7.18. The minimum Gasteiger partial charge on any atom is -0.342 e. The molecular weight excluding hydrogens is 505 g/mol. The molecule has 1 heterocycles. The highest BCUT2D eigenvalue weighted by molar-refractivity contribution is 7.99. The number of hydrogen-bond donors (Lipinski definition) is 2. The van der Waals surface area contributed by atoms with E-state index in [-0.39, 0.29) is 23.6 Å². The first-order chi connectivity index (χ1) is 15.7. The quantitative estimate of drug-likeness (QED) is 0.286. The van der Waals surface area contributed by atoms with Crippen LogP contribution < -0.4 is 10.6 Å². The maximum absolute atomic E-state index is 12.7. The van der Waals surface area contributed by atoms with Crippen LogP contribution in [0.4, 0.5) is 5.69 Å². The third-order valence-electron chi connectivity index (χ3n) is 4.80. The average molecular weight is 527 g/mol.